The minimum atomic E-state index is -2.63. The van der Waals surface area contributed by atoms with Gasteiger partial charge in [0.1, 0.15) is 11.4 Å². The number of fused-ring (bicyclic) bond motifs is 1. The monoisotopic (exact) mass is 1090 g/mol. The molecule has 8 N–H and O–H groups in total. The van der Waals surface area contributed by atoms with Gasteiger partial charge < -0.3 is 46.5 Å². The molecule has 0 bridgehead atoms. The van der Waals surface area contributed by atoms with Crippen LogP contribution in [0.1, 0.15) is 76.8 Å². The summed E-state index contributed by atoms with van der Waals surface area (Å²) in [6.07, 6.45) is 5.77. The van der Waals surface area contributed by atoms with Crippen molar-refractivity contribution in [2.75, 3.05) is 54.5 Å². The maximum atomic E-state index is 13.6. The lowest BCUT2D eigenvalue weighted by Gasteiger charge is -2.43. The van der Waals surface area contributed by atoms with E-state index in [4.69, 9.17) is 14.6 Å². The summed E-state index contributed by atoms with van der Waals surface area (Å²) >= 11 is 0. The maximum absolute atomic E-state index is 13.6. The minimum Gasteiger partial charge on any atom is -0.461 e. The number of carbonyl (C=O) groups is 3. The van der Waals surface area contributed by atoms with Gasteiger partial charge in [0.25, 0.3) is 25.9 Å². The molecule has 0 atom stereocenters. The van der Waals surface area contributed by atoms with Gasteiger partial charge in [0, 0.05) is 76.1 Å². The van der Waals surface area contributed by atoms with Crippen molar-refractivity contribution in [2.24, 2.45) is 0 Å². The fraction of sp³-hybridized carbons (Fsp3) is 0.250. The van der Waals surface area contributed by atoms with Crippen LogP contribution in [-0.4, -0.2) is 93.4 Å². The summed E-state index contributed by atoms with van der Waals surface area (Å²) in [5.41, 5.74) is 13.3. The third-order valence-corrected chi connectivity index (χ3v) is 18.7. The number of nitrogens with two attached hydrogens (primary N) is 1. The smallest absolute Gasteiger partial charge is 0.274 e. The molecule has 80 heavy (non-hydrogen) atoms. The van der Waals surface area contributed by atoms with Gasteiger partial charge in [0.15, 0.2) is 5.76 Å². The van der Waals surface area contributed by atoms with Gasteiger partial charge in [0.05, 0.1) is 6.26 Å². The van der Waals surface area contributed by atoms with Crippen LogP contribution in [0, 0.1) is 13.8 Å². The molecule has 20 heteroatoms. The van der Waals surface area contributed by atoms with Crippen molar-refractivity contribution < 1.29 is 23.2 Å². The summed E-state index contributed by atoms with van der Waals surface area (Å²) in [6.45, 7) is 14.4. The van der Waals surface area contributed by atoms with Gasteiger partial charge in [-0.25, -0.2) is 0 Å². The first-order valence-corrected chi connectivity index (χ1v) is 28.5. The highest BCUT2D eigenvalue weighted by Gasteiger charge is 2.50. The minimum absolute atomic E-state index is 0.0819. The van der Waals surface area contributed by atoms with E-state index in [1.165, 1.54) is 21.2 Å². The number of hydrogen-bond acceptors (Lipinski definition) is 15. The Hall–Kier alpha value is -8.95. The van der Waals surface area contributed by atoms with Crippen molar-refractivity contribution in [3.8, 4) is 22.7 Å². The summed E-state index contributed by atoms with van der Waals surface area (Å²) in [7, 11) is -2.63. The van der Waals surface area contributed by atoms with E-state index in [2.05, 4.69) is 131 Å². The summed E-state index contributed by atoms with van der Waals surface area (Å²) in [5, 5.41) is 25.6. The van der Waals surface area contributed by atoms with E-state index in [1.807, 2.05) is 74.5 Å². The Morgan fingerprint density at radius 3 is 1.77 bits per heavy atom. The van der Waals surface area contributed by atoms with Gasteiger partial charge in [0.2, 0.25) is 23.6 Å². The van der Waals surface area contributed by atoms with Crippen LogP contribution in [0.3, 0.4) is 0 Å². The molecule has 0 fully saturated rings. The number of carbonyl (C=O) groups excluding carboxylic acids is 3. The van der Waals surface area contributed by atoms with Crippen LogP contribution in [0.4, 0.5) is 23.3 Å². The second-order valence-corrected chi connectivity index (χ2v) is 24.5. The van der Waals surface area contributed by atoms with Gasteiger partial charge >= 0.3 is 0 Å². The summed E-state index contributed by atoms with van der Waals surface area (Å²) in [6, 6.07) is 43.4. The predicted octanol–water partition coefficient (Wildman–Crippen LogP) is 7.70. The molecule has 5 heterocycles. The number of furan rings is 1. The van der Waals surface area contributed by atoms with E-state index in [-0.39, 0.29) is 46.1 Å². The van der Waals surface area contributed by atoms with Crippen molar-refractivity contribution in [3.63, 3.8) is 0 Å². The summed E-state index contributed by atoms with van der Waals surface area (Å²) in [4.78, 5) is 61.4. The highest BCUT2D eigenvalue weighted by molar-refractivity contribution is 6.99. The first-order valence-electron chi connectivity index (χ1n) is 26.6. The zero-order valence-corrected chi connectivity index (χ0v) is 46.5. The molecule has 9 rings (SSSR count). The van der Waals surface area contributed by atoms with Gasteiger partial charge in [-0.3, -0.25) is 24.4 Å². The average Bonchev–Trinajstić information content (AvgIpc) is 4.04. The number of hydrogen-bond donors (Lipinski definition) is 7. The molecule has 0 unspecified atom stereocenters. The zero-order chi connectivity index (χ0) is 56.1. The molecule has 0 aliphatic heterocycles. The number of pyridine rings is 2. The Kier molecular flexibility index (Phi) is 17.9. The molecule has 9 aromatic rings. The lowest BCUT2D eigenvalue weighted by Crippen LogP contribution is -2.66. The van der Waals surface area contributed by atoms with E-state index in [1.54, 1.807) is 36.7 Å². The van der Waals surface area contributed by atoms with E-state index in [0.29, 0.717) is 87.4 Å². The largest absolute Gasteiger partial charge is 0.461 e. The molecule has 3 amide bonds. The highest BCUT2D eigenvalue weighted by atomic mass is 28.4. The first kappa shape index (κ1) is 55.8. The van der Waals surface area contributed by atoms with Crippen molar-refractivity contribution >= 4 is 65.5 Å². The number of aromatic nitrogens is 7. The van der Waals surface area contributed by atoms with Gasteiger partial charge in [-0.1, -0.05) is 118 Å². The van der Waals surface area contributed by atoms with Crippen molar-refractivity contribution in [1.82, 2.24) is 50.5 Å². The second kappa shape index (κ2) is 25.7. The summed E-state index contributed by atoms with van der Waals surface area (Å²) in [5.74, 6) is 0.764. The van der Waals surface area contributed by atoms with E-state index < -0.39 is 8.32 Å². The lowest BCUT2D eigenvalue weighted by atomic mass is 9.94. The van der Waals surface area contributed by atoms with Crippen molar-refractivity contribution in [3.05, 3.63) is 186 Å². The molecule has 410 valence electrons. The van der Waals surface area contributed by atoms with Crippen molar-refractivity contribution in [2.45, 2.75) is 65.6 Å². The number of rotatable bonds is 24. The first-order chi connectivity index (χ1) is 38.8. The Balaban J connectivity index is 0.698. The average molecular weight is 1090 g/mol. The molecule has 0 radical (unpaired) electrons. The maximum Gasteiger partial charge on any atom is 0.274 e. The molecular weight excluding hydrogens is 1020 g/mol. The van der Waals surface area contributed by atoms with Crippen LogP contribution in [-0.2, 0) is 22.3 Å². The lowest BCUT2D eigenvalue weighted by molar-refractivity contribution is -0.121. The fourth-order valence-electron chi connectivity index (χ4n) is 9.55. The molecule has 0 aliphatic carbocycles. The summed E-state index contributed by atoms with van der Waals surface area (Å²) < 4.78 is 13.7. The second-order valence-electron chi connectivity index (χ2n) is 20.2. The Bertz CT molecular complexity index is 3500. The molecule has 19 nitrogen and oxygen atoms in total. The molecule has 0 saturated heterocycles. The SMILES string of the molecule is Cc1c(NC(=O)c2ccc(CNCCNC(=O)CCCNc3nc(N)n4nc(-c5ccco5)nc4n3)cn2)cccc1-c1cccc(NC(=O)c2ccc(CNCCO[Si](c3ccccc3)(c3ccccc3)C(C)(C)C)cn2)c1C. The molecule has 4 aromatic carbocycles. The normalized spacial score (nSPS) is 11.6. The number of benzene rings is 4. The van der Waals surface area contributed by atoms with Crippen LogP contribution in [0.15, 0.2) is 157 Å². The standard InChI is InChI=1S/C60H66N14O5Si/c1-40-46(47-21-13-23-49(41(47)2)69-56(77)51-29-27-43(39-67-51)37-63-33-35-79-80(60(3,4)5,44-16-8-6-9-17-44)45-18-10-7-11-19-45)20-12-22-48(40)68-55(76)50-28-26-42(38-66-50)36-62-31-32-64-53(75)25-14-30-65-58-71-57(61)74-59(72-58)70-54(73-74)52-24-15-34-78-52/h6-13,15-24,26-29,34,38-39,62-63H,14,25,30-33,35-37H2,1-5H3,(H,64,75)(H,68,76)(H,69,77)(H3,61,65,70,71,72,73). The van der Waals surface area contributed by atoms with Gasteiger partial charge in [-0.2, -0.15) is 19.5 Å². The van der Waals surface area contributed by atoms with Gasteiger partial charge in [-0.15, -0.1) is 5.10 Å². The number of nitrogens with one attached hydrogen (secondary N) is 6. The third kappa shape index (κ3) is 13.3. The Morgan fingerprint density at radius 2 is 1.24 bits per heavy atom. The van der Waals surface area contributed by atoms with Crippen LogP contribution in [0.2, 0.25) is 5.04 Å². The van der Waals surface area contributed by atoms with Crippen LogP contribution in [0.25, 0.3) is 28.5 Å². The Labute approximate surface area is 465 Å². The molecule has 5 aromatic heterocycles. The number of nitrogens with zero attached hydrogens (tertiary/aromatic N) is 7. The van der Waals surface area contributed by atoms with Crippen LogP contribution in [0.5, 0.6) is 0 Å². The van der Waals surface area contributed by atoms with Crippen LogP contribution < -0.4 is 48.0 Å². The number of nitrogen functional groups attached to an aromatic ring is 1. The van der Waals surface area contributed by atoms with Gasteiger partial charge in [-0.05, 0) is 105 Å². The molecule has 0 aliphatic rings. The van der Waals surface area contributed by atoms with E-state index >= 15 is 0 Å². The molecule has 0 saturated carbocycles. The van der Waals surface area contributed by atoms with Crippen LogP contribution >= 0.6 is 0 Å². The predicted molar refractivity (Wildman–Crippen MR) is 314 cm³/mol. The number of anilines is 4. The fourth-order valence-corrected chi connectivity index (χ4v) is 14.1. The molecule has 0 spiro atoms. The zero-order valence-electron chi connectivity index (χ0n) is 45.5. The van der Waals surface area contributed by atoms with E-state index in [0.717, 1.165) is 33.4 Å². The highest BCUT2D eigenvalue weighted by Crippen LogP contribution is 2.37. The molecular formula is C60H66N14O5Si. The Morgan fingerprint density at radius 1 is 0.650 bits per heavy atom. The third-order valence-electron chi connectivity index (χ3n) is 13.7. The van der Waals surface area contributed by atoms with E-state index in [9.17, 15) is 14.4 Å². The van der Waals surface area contributed by atoms with Crippen molar-refractivity contribution in [1.29, 1.82) is 0 Å². The number of amides is 3. The topological polar surface area (TPSA) is 254 Å². The quantitative estimate of drug-likeness (QED) is 0.0226.